The third-order valence-corrected chi connectivity index (χ3v) is 11.4. The number of hydrogen-bond donors (Lipinski definition) is 2. The summed E-state index contributed by atoms with van der Waals surface area (Å²) >= 11 is 19.0. The largest absolute Gasteiger partial charge is 0.508 e. The molecule has 252 valence electrons. The minimum Gasteiger partial charge on any atom is -0.508 e. The number of hydrazine groups is 1. The average Bonchev–Trinajstić information content (AvgIpc) is 3.48. The van der Waals surface area contributed by atoms with Gasteiger partial charge in [-0.15, -0.1) is 0 Å². The van der Waals surface area contributed by atoms with Gasteiger partial charge in [-0.2, -0.15) is 5.01 Å². The average molecular weight is 731 g/mol. The van der Waals surface area contributed by atoms with Crippen molar-refractivity contribution in [3.8, 4) is 5.75 Å². The Kier molecular flexibility index (Phi) is 7.78. The van der Waals surface area contributed by atoms with E-state index in [0.717, 1.165) is 5.01 Å². The Hall–Kier alpha value is -4.70. The maximum absolute atomic E-state index is 15.1. The topological polar surface area (TPSA) is 107 Å². The van der Waals surface area contributed by atoms with Crippen molar-refractivity contribution < 1.29 is 28.7 Å². The van der Waals surface area contributed by atoms with Crippen LogP contribution in [0, 0.1) is 29.5 Å². The van der Waals surface area contributed by atoms with Gasteiger partial charge in [0.05, 0.1) is 34.5 Å². The fourth-order valence-corrected chi connectivity index (χ4v) is 9.03. The summed E-state index contributed by atoms with van der Waals surface area (Å²) < 4.78 is 13.8. The molecule has 0 radical (unpaired) electrons. The minimum absolute atomic E-state index is 0.0487. The molecule has 12 heteroatoms. The summed E-state index contributed by atoms with van der Waals surface area (Å²) in [6.45, 7) is 0. The third-order valence-electron chi connectivity index (χ3n) is 10.6. The van der Waals surface area contributed by atoms with Gasteiger partial charge in [0, 0.05) is 26.5 Å². The lowest BCUT2D eigenvalue weighted by atomic mass is 9.49. The summed E-state index contributed by atoms with van der Waals surface area (Å²) in [6.07, 6.45) is 2.13. The number of carbonyl (C=O) groups excluding carboxylic acids is 4. The normalized spacial score (nSPS) is 27.2. The molecule has 0 spiro atoms. The molecule has 6 unspecified atom stereocenters. The van der Waals surface area contributed by atoms with Gasteiger partial charge in [-0.25, -0.2) is 4.39 Å². The van der Waals surface area contributed by atoms with E-state index in [1.165, 1.54) is 41.3 Å². The van der Waals surface area contributed by atoms with Crippen molar-refractivity contribution in [3.63, 3.8) is 0 Å². The lowest BCUT2D eigenvalue weighted by Crippen LogP contribution is -2.53. The first-order chi connectivity index (χ1) is 24.0. The van der Waals surface area contributed by atoms with Gasteiger partial charge >= 0.3 is 0 Å². The number of benzene rings is 4. The van der Waals surface area contributed by atoms with Gasteiger partial charge in [0.25, 0.3) is 11.8 Å². The molecule has 2 heterocycles. The number of carbonyl (C=O) groups is 4. The second kappa shape index (κ2) is 12.0. The number of allylic oxidation sites excluding steroid dienone is 2. The smallest absolute Gasteiger partial charge is 0.260 e. The van der Waals surface area contributed by atoms with Crippen LogP contribution in [-0.4, -0.2) is 33.7 Å². The van der Waals surface area contributed by atoms with Gasteiger partial charge < -0.3 is 5.11 Å². The zero-order valence-corrected chi connectivity index (χ0v) is 28.3. The molecule has 4 aromatic carbocycles. The lowest BCUT2D eigenvalue weighted by molar-refractivity contribution is -0.138. The molecule has 8 nitrogen and oxygen atoms in total. The Morgan fingerprint density at radius 3 is 2.08 bits per heavy atom. The number of fused-ring (bicyclic) bond motifs is 4. The van der Waals surface area contributed by atoms with Crippen LogP contribution in [0.25, 0.3) is 0 Å². The first-order valence-electron chi connectivity index (χ1n) is 16.0. The highest BCUT2D eigenvalue weighted by atomic mass is 35.5. The van der Waals surface area contributed by atoms with E-state index < -0.39 is 58.5 Å². The number of hydrogen-bond acceptors (Lipinski definition) is 6. The van der Waals surface area contributed by atoms with Crippen LogP contribution in [0.1, 0.15) is 29.9 Å². The van der Waals surface area contributed by atoms with E-state index in [9.17, 15) is 23.9 Å². The second-order valence-corrected chi connectivity index (χ2v) is 14.4. The van der Waals surface area contributed by atoms with Crippen LogP contribution in [-0.2, 0) is 24.6 Å². The monoisotopic (exact) mass is 729 g/mol. The third kappa shape index (κ3) is 4.78. The van der Waals surface area contributed by atoms with Crippen LogP contribution >= 0.6 is 34.8 Å². The molecule has 2 N–H and O–H groups in total. The van der Waals surface area contributed by atoms with Crippen molar-refractivity contribution in [1.29, 1.82) is 0 Å². The van der Waals surface area contributed by atoms with E-state index >= 15 is 4.79 Å². The zero-order chi connectivity index (χ0) is 35.1. The number of phenolic OH excluding ortho intramolecular Hbond substituents is 1. The summed E-state index contributed by atoms with van der Waals surface area (Å²) in [7, 11) is 0. The molecule has 50 heavy (non-hydrogen) atoms. The number of aromatic hydroxyl groups is 1. The first-order valence-corrected chi connectivity index (χ1v) is 17.1. The number of imide groups is 2. The van der Waals surface area contributed by atoms with Gasteiger partial charge in [0.1, 0.15) is 11.6 Å². The van der Waals surface area contributed by atoms with Crippen molar-refractivity contribution in [2.75, 3.05) is 10.3 Å². The van der Waals surface area contributed by atoms with Crippen molar-refractivity contribution in [2.24, 2.45) is 23.7 Å². The van der Waals surface area contributed by atoms with Gasteiger partial charge in [0.15, 0.2) is 0 Å². The summed E-state index contributed by atoms with van der Waals surface area (Å²) in [6, 6.07) is 22.8. The van der Waals surface area contributed by atoms with Gasteiger partial charge in [0.2, 0.25) is 11.8 Å². The Balaban J connectivity index is 1.33. The number of nitrogens with one attached hydrogen (secondary N) is 1. The van der Waals surface area contributed by atoms with E-state index in [1.54, 1.807) is 54.6 Å². The highest BCUT2D eigenvalue weighted by Gasteiger charge is 2.70. The molecule has 4 aromatic rings. The molecule has 1 saturated carbocycles. The number of halogens is 4. The molecular weight excluding hydrogens is 704 g/mol. The molecule has 3 fully saturated rings. The van der Waals surface area contributed by atoms with E-state index in [4.69, 9.17) is 34.8 Å². The highest BCUT2D eigenvalue weighted by molar-refractivity contribution is 6.31. The van der Waals surface area contributed by atoms with Crippen molar-refractivity contribution >= 4 is 69.8 Å². The van der Waals surface area contributed by atoms with Crippen LogP contribution in [0.4, 0.5) is 15.8 Å². The van der Waals surface area contributed by atoms with Crippen LogP contribution in [0.5, 0.6) is 5.75 Å². The van der Waals surface area contributed by atoms with Crippen LogP contribution in [0.2, 0.25) is 15.1 Å². The summed E-state index contributed by atoms with van der Waals surface area (Å²) in [4.78, 5) is 59.3. The molecule has 8 rings (SSSR count). The molecule has 4 aliphatic rings. The van der Waals surface area contributed by atoms with Crippen LogP contribution < -0.4 is 10.3 Å². The predicted octanol–water partition coefficient (Wildman–Crippen LogP) is 7.68. The maximum atomic E-state index is 15.1. The molecule has 0 aromatic heterocycles. The van der Waals surface area contributed by atoms with E-state index in [2.05, 4.69) is 5.43 Å². The molecule has 6 atom stereocenters. The highest BCUT2D eigenvalue weighted by Crippen LogP contribution is 2.65. The maximum Gasteiger partial charge on any atom is 0.260 e. The Bertz CT molecular complexity index is 2130. The van der Waals surface area contributed by atoms with Gasteiger partial charge in [-0.1, -0.05) is 58.6 Å². The Morgan fingerprint density at radius 2 is 1.40 bits per heavy atom. The number of rotatable bonds is 5. The molecular formula is C38H27Cl3FN3O5. The predicted molar refractivity (Wildman–Crippen MR) is 186 cm³/mol. The van der Waals surface area contributed by atoms with Crippen LogP contribution in [0.15, 0.2) is 103 Å². The fourth-order valence-electron chi connectivity index (χ4n) is 8.60. The Labute approximate surface area is 301 Å². The van der Waals surface area contributed by atoms with Crippen molar-refractivity contribution in [1.82, 2.24) is 5.01 Å². The standard InChI is InChI=1S/C38H27Cl3FN3O5/c39-20-3-1-19(2-4-20)38-30(35(48)45(37(38)50)43-24-10-8-23(42)9-11-24)18-28-26(33(38)29-17-22(41)7-16-31(29)46)14-15-27-32(28)36(49)44(34(27)47)25-12-5-21(40)6-13-25/h1-14,16-17,27-28,30,32-33,43,46H,15,18H2. The van der Waals surface area contributed by atoms with Crippen molar-refractivity contribution in [3.05, 3.63) is 135 Å². The molecule has 2 aliphatic carbocycles. The Morgan fingerprint density at radius 1 is 0.760 bits per heavy atom. The SMILES string of the molecule is O=C1C2CC3C(=CCC4C(=O)N(c5ccc(Cl)cc5)C(=O)C43)C(c3cc(Cl)ccc3O)C2(c2ccc(Cl)cc2)C(=O)N1Nc1ccc(F)cc1. The number of nitrogens with zero attached hydrogens (tertiary/aromatic N) is 2. The number of phenols is 1. The molecule has 0 bridgehead atoms. The molecule has 4 amide bonds. The van der Waals surface area contributed by atoms with Gasteiger partial charge in [-0.3, -0.25) is 29.5 Å². The quantitative estimate of drug-likeness (QED) is 0.161. The summed E-state index contributed by atoms with van der Waals surface area (Å²) in [5, 5.41) is 13.6. The fraction of sp³-hybridized carbons (Fsp3) is 0.211. The zero-order valence-electron chi connectivity index (χ0n) is 26.0. The molecule has 2 saturated heterocycles. The minimum atomic E-state index is -1.65. The lowest BCUT2D eigenvalue weighted by Gasteiger charge is -2.50. The molecule has 2 aliphatic heterocycles. The van der Waals surface area contributed by atoms with E-state index in [0.29, 0.717) is 38.1 Å². The van der Waals surface area contributed by atoms with E-state index in [1.807, 2.05) is 6.08 Å². The summed E-state index contributed by atoms with van der Waals surface area (Å²) in [5.74, 6) is -6.86. The van der Waals surface area contributed by atoms with Gasteiger partial charge in [-0.05, 0) is 103 Å². The summed E-state index contributed by atoms with van der Waals surface area (Å²) in [5.41, 5.74) is 3.35. The number of anilines is 2. The van der Waals surface area contributed by atoms with Crippen LogP contribution in [0.3, 0.4) is 0 Å². The first kappa shape index (κ1) is 32.5. The second-order valence-electron chi connectivity index (χ2n) is 13.1. The van der Waals surface area contributed by atoms with Crippen molar-refractivity contribution in [2.45, 2.75) is 24.2 Å². The van der Waals surface area contributed by atoms with E-state index in [-0.39, 0.29) is 29.5 Å². The number of amides is 4.